The van der Waals surface area contributed by atoms with Gasteiger partial charge in [-0.15, -0.1) is 10.2 Å². The molecule has 2 aromatic heterocycles. The van der Waals surface area contributed by atoms with Crippen LogP contribution in [0.25, 0.3) is 11.4 Å². The van der Waals surface area contributed by atoms with Gasteiger partial charge in [0.2, 0.25) is 5.91 Å². The molecule has 1 amide bonds. The predicted octanol–water partition coefficient (Wildman–Crippen LogP) is 2.59. The summed E-state index contributed by atoms with van der Waals surface area (Å²) >= 11 is 5.32. The normalized spacial score (nSPS) is 13.7. The molecule has 9 heteroatoms. The van der Waals surface area contributed by atoms with Crippen LogP contribution < -0.4 is 5.32 Å². The van der Waals surface area contributed by atoms with E-state index in [9.17, 15) is 4.79 Å². The lowest BCUT2D eigenvalue weighted by Crippen LogP contribution is -2.30. The number of aromatic amines is 1. The summed E-state index contributed by atoms with van der Waals surface area (Å²) in [5, 5.41) is 18.7. The lowest BCUT2D eigenvalue weighted by atomic mass is 10.1. The van der Waals surface area contributed by atoms with Crippen LogP contribution in [-0.4, -0.2) is 42.0 Å². The smallest absolute Gasteiger partial charge is 0.240 e. The van der Waals surface area contributed by atoms with Gasteiger partial charge >= 0.3 is 0 Å². The minimum atomic E-state index is -0.105. The second-order valence-corrected chi connectivity index (χ2v) is 7.79. The van der Waals surface area contributed by atoms with Gasteiger partial charge in [0.05, 0.1) is 0 Å². The Balaban J connectivity index is 1.37. The Labute approximate surface area is 174 Å². The van der Waals surface area contributed by atoms with E-state index < -0.39 is 0 Å². The Morgan fingerprint density at radius 3 is 2.86 bits per heavy atom. The molecule has 0 radical (unpaired) electrons. The predicted molar refractivity (Wildman–Crippen MR) is 112 cm³/mol. The largest absolute Gasteiger partial charge is 0.354 e. The van der Waals surface area contributed by atoms with Crippen molar-refractivity contribution >= 4 is 18.1 Å². The van der Waals surface area contributed by atoms with E-state index in [1.54, 1.807) is 4.57 Å². The number of aromatic nitrogens is 6. The summed E-state index contributed by atoms with van der Waals surface area (Å²) in [5.41, 5.74) is 2.08. The molecule has 0 fully saturated rings. The fourth-order valence-electron chi connectivity index (χ4n) is 3.63. The van der Waals surface area contributed by atoms with E-state index in [0.717, 1.165) is 36.6 Å². The number of amides is 1. The fourth-order valence-corrected chi connectivity index (χ4v) is 3.83. The molecule has 2 N–H and O–H groups in total. The van der Waals surface area contributed by atoms with Crippen LogP contribution in [0.3, 0.4) is 0 Å². The van der Waals surface area contributed by atoms with Gasteiger partial charge < -0.3 is 9.88 Å². The molecule has 0 spiro atoms. The van der Waals surface area contributed by atoms with Crippen LogP contribution in [-0.2, 0) is 30.7 Å². The highest BCUT2D eigenvalue weighted by molar-refractivity contribution is 7.71. The summed E-state index contributed by atoms with van der Waals surface area (Å²) in [4.78, 5) is 12.5. The molecule has 0 saturated heterocycles. The van der Waals surface area contributed by atoms with E-state index in [0.29, 0.717) is 23.6 Å². The van der Waals surface area contributed by atoms with E-state index in [1.165, 1.54) is 18.4 Å². The molecule has 0 bridgehead atoms. The van der Waals surface area contributed by atoms with Gasteiger partial charge in [0.15, 0.2) is 10.6 Å². The van der Waals surface area contributed by atoms with Gasteiger partial charge in [0.25, 0.3) is 0 Å². The number of aryl methyl sites for hydroxylation is 2. The minimum Gasteiger partial charge on any atom is -0.354 e. The standard InChI is InChI=1S/C20H25N7OS/c1-14-6-8-15(9-7-14)19-24-25-20(29)27(19)13-18(28)21-11-10-17-23-22-16-5-3-2-4-12-26(16)17/h6-9H,2-5,10-13H2,1H3,(H,21,28)(H,25,29). The molecule has 1 aliphatic heterocycles. The molecule has 0 aliphatic carbocycles. The van der Waals surface area contributed by atoms with Gasteiger partial charge in [-0.05, 0) is 32.0 Å². The minimum absolute atomic E-state index is 0.105. The third-order valence-corrected chi connectivity index (χ3v) is 5.54. The number of fused-ring (bicyclic) bond motifs is 1. The summed E-state index contributed by atoms with van der Waals surface area (Å²) in [7, 11) is 0. The van der Waals surface area contributed by atoms with Crippen LogP contribution in [0.2, 0.25) is 0 Å². The number of carbonyl (C=O) groups excluding carboxylic acids is 1. The molecule has 0 atom stereocenters. The van der Waals surface area contributed by atoms with Crippen LogP contribution in [0.5, 0.6) is 0 Å². The van der Waals surface area contributed by atoms with E-state index in [-0.39, 0.29) is 12.5 Å². The first kappa shape index (κ1) is 19.5. The Hall–Kier alpha value is -2.81. The van der Waals surface area contributed by atoms with Crippen molar-refractivity contribution in [1.29, 1.82) is 0 Å². The summed E-state index contributed by atoms with van der Waals surface area (Å²) < 4.78 is 4.36. The van der Waals surface area contributed by atoms with E-state index in [4.69, 9.17) is 12.2 Å². The molecular weight excluding hydrogens is 386 g/mol. The van der Waals surface area contributed by atoms with Crippen molar-refractivity contribution in [2.75, 3.05) is 6.54 Å². The van der Waals surface area contributed by atoms with Crippen molar-refractivity contribution in [3.63, 3.8) is 0 Å². The highest BCUT2D eigenvalue weighted by Crippen LogP contribution is 2.18. The van der Waals surface area contributed by atoms with Crippen LogP contribution in [0.1, 0.15) is 36.5 Å². The van der Waals surface area contributed by atoms with Crippen molar-refractivity contribution in [2.24, 2.45) is 0 Å². The molecule has 1 aliphatic rings. The average Bonchev–Trinajstić information content (AvgIpc) is 3.17. The van der Waals surface area contributed by atoms with Gasteiger partial charge in [0.1, 0.15) is 18.2 Å². The van der Waals surface area contributed by atoms with E-state index >= 15 is 0 Å². The second kappa shape index (κ2) is 8.69. The fraction of sp³-hybridized carbons (Fsp3) is 0.450. The molecule has 8 nitrogen and oxygen atoms in total. The molecule has 3 heterocycles. The molecule has 29 heavy (non-hydrogen) atoms. The average molecular weight is 412 g/mol. The molecule has 0 saturated carbocycles. The van der Waals surface area contributed by atoms with E-state index in [1.807, 2.05) is 31.2 Å². The van der Waals surface area contributed by atoms with Crippen molar-refractivity contribution < 1.29 is 4.79 Å². The Morgan fingerprint density at radius 1 is 1.21 bits per heavy atom. The van der Waals surface area contributed by atoms with Crippen molar-refractivity contribution in [3.8, 4) is 11.4 Å². The van der Waals surface area contributed by atoms with Crippen molar-refractivity contribution in [3.05, 3.63) is 46.2 Å². The first-order valence-electron chi connectivity index (χ1n) is 10.0. The van der Waals surface area contributed by atoms with Gasteiger partial charge in [-0.3, -0.25) is 14.5 Å². The molecular formula is C20H25N7OS. The number of benzene rings is 1. The molecule has 1 aromatic carbocycles. The van der Waals surface area contributed by atoms with Crippen molar-refractivity contribution in [2.45, 2.75) is 52.1 Å². The van der Waals surface area contributed by atoms with Gasteiger partial charge in [0, 0.05) is 31.5 Å². The Morgan fingerprint density at radius 2 is 2.03 bits per heavy atom. The summed E-state index contributed by atoms with van der Waals surface area (Å²) in [6.45, 7) is 3.64. The number of nitrogens with one attached hydrogen (secondary N) is 2. The monoisotopic (exact) mass is 411 g/mol. The maximum Gasteiger partial charge on any atom is 0.240 e. The summed E-state index contributed by atoms with van der Waals surface area (Å²) in [6.07, 6.45) is 5.21. The SMILES string of the molecule is Cc1ccc(-c2n[nH]c(=S)n2CC(=O)NCCc2nnc3n2CCCCC3)cc1. The third-order valence-electron chi connectivity index (χ3n) is 5.23. The van der Waals surface area contributed by atoms with Gasteiger partial charge in [-0.1, -0.05) is 36.2 Å². The number of carbonyl (C=O) groups is 1. The number of hydrogen-bond donors (Lipinski definition) is 2. The number of H-pyrrole nitrogens is 1. The topological polar surface area (TPSA) is 93.4 Å². The number of nitrogens with zero attached hydrogens (tertiary/aromatic N) is 5. The van der Waals surface area contributed by atoms with Gasteiger partial charge in [-0.2, -0.15) is 5.10 Å². The second-order valence-electron chi connectivity index (χ2n) is 7.40. The van der Waals surface area contributed by atoms with Crippen LogP contribution in [0, 0.1) is 11.7 Å². The summed E-state index contributed by atoms with van der Waals surface area (Å²) in [5.74, 6) is 2.57. The number of hydrogen-bond acceptors (Lipinski definition) is 5. The lowest BCUT2D eigenvalue weighted by molar-refractivity contribution is -0.121. The highest BCUT2D eigenvalue weighted by atomic mass is 32.1. The zero-order valence-electron chi connectivity index (χ0n) is 16.5. The third kappa shape index (κ3) is 4.45. The first-order valence-corrected chi connectivity index (χ1v) is 10.4. The molecule has 152 valence electrons. The quantitative estimate of drug-likeness (QED) is 0.608. The highest BCUT2D eigenvalue weighted by Gasteiger charge is 2.15. The Kier molecular flexibility index (Phi) is 5.84. The molecule has 0 unspecified atom stereocenters. The maximum absolute atomic E-state index is 12.5. The maximum atomic E-state index is 12.5. The van der Waals surface area contributed by atoms with Crippen LogP contribution >= 0.6 is 12.2 Å². The van der Waals surface area contributed by atoms with Crippen LogP contribution in [0.4, 0.5) is 0 Å². The van der Waals surface area contributed by atoms with Crippen LogP contribution in [0.15, 0.2) is 24.3 Å². The zero-order chi connectivity index (χ0) is 20.2. The van der Waals surface area contributed by atoms with Gasteiger partial charge in [-0.25, -0.2) is 0 Å². The summed E-state index contributed by atoms with van der Waals surface area (Å²) in [6, 6.07) is 7.98. The van der Waals surface area contributed by atoms with E-state index in [2.05, 4.69) is 30.3 Å². The Bertz CT molecular complexity index is 1050. The number of rotatable bonds is 6. The zero-order valence-corrected chi connectivity index (χ0v) is 17.3. The first-order chi connectivity index (χ1) is 14.1. The molecule has 4 rings (SSSR count). The lowest BCUT2D eigenvalue weighted by Gasteiger charge is -2.09. The van der Waals surface area contributed by atoms with Crippen molar-refractivity contribution in [1.82, 2.24) is 34.8 Å². The molecule has 3 aromatic rings.